The molecule has 0 radical (unpaired) electrons. The van der Waals surface area contributed by atoms with Gasteiger partial charge in [-0.3, -0.25) is 0 Å². The SMILES string of the molecule is O=C(O)c1c2nc(cc3nc(cc4ccc(cc5ccc1[nH]5)[nH]4)C=C3)-c1ccccc1-2. The summed E-state index contributed by atoms with van der Waals surface area (Å²) in [5, 5.41) is 10.1. The van der Waals surface area contributed by atoms with Crippen LogP contribution in [0.1, 0.15) is 21.7 Å². The number of nitrogens with zero attached hydrogens (tertiary/aromatic N) is 2. The average molecular weight is 404 g/mol. The van der Waals surface area contributed by atoms with E-state index < -0.39 is 5.97 Å². The smallest absolute Gasteiger partial charge is 0.340 e. The first-order valence-electron chi connectivity index (χ1n) is 9.86. The molecule has 0 atom stereocenters. The Bertz CT molecular complexity index is 1570. The molecule has 31 heavy (non-hydrogen) atoms. The maximum atomic E-state index is 12.3. The molecule has 6 heteroatoms. The first-order valence-corrected chi connectivity index (χ1v) is 9.86. The largest absolute Gasteiger partial charge is 0.478 e. The van der Waals surface area contributed by atoms with Gasteiger partial charge >= 0.3 is 5.97 Å². The highest BCUT2D eigenvalue weighted by Gasteiger charge is 2.23. The summed E-state index contributed by atoms with van der Waals surface area (Å²) in [6, 6.07) is 21.1. The Morgan fingerprint density at radius 2 is 1.42 bits per heavy atom. The summed E-state index contributed by atoms with van der Waals surface area (Å²) in [4.78, 5) is 28.3. The lowest BCUT2D eigenvalue weighted by Gasteiger charge is -2.01. The molecule has 0 fully saturated rings. The number of carbonyl (C=O) groups is 1. The molecule has 0 amide bonds. The van der Waals surface area contributed by atoms with Gasteiger partial charge in [-0.05, 0) is 54.6 Å². The zero-order valence-corrected chi connectivity index (χ0v) is 16.3. The van der Waals surface area contributed by atoms with Crippen molar-refractivity contribution in [1.82, 2.24) is 19.9 Å². The second kappa shape index (κ2) is 6.53. The van der Waals surface area contributed by atoms with Crippen molar-refractivity contribution in [1.29, 1.82) is 0 Å². The van der Waals surface area contributed by atoms with Crippen molar-refractivity contribution >= 4 is 40.2 Å². The normalized spacial score (nSPS) is 12.0. The predicted molar refractivity (Wildman–Crippen MR) is 121 cm³/mol. The van der Waals surface area contributed by atoms with Crippen molar-refractivity contribution in [3.63, 3.8) is 0 Å². The number of aromatic nitrogens is 4. The molecule has 6 nitrogen and oxygen atoms in total. The Hall–Kier alpha value is -4.45. The molecule has 6 rings (SSSR count). The van der Waals surface area contributed by atoms with Gasteiger partial charge < -0.3 is 15.1 Å². The van der Waals surface area contributed by atoms with E-state index in [1.807, 2.05) is 72.8 Å². The van der Waals surface area contributed by atoms with Crippen molar-refractivity contribution in [3.05, 3.63) is 83.7 Å². The molecule has 2 aliphatic heterocycles. The third-order valence-electron chi connectivity index (χ3n) is 5.43. The van der Waals surface area contributed by atoms with Crippen LogP contribution >= 0.6 is 0 Å². The van der Waals surface area contributed by atoms with E-state index in [1.54, 1.807) is 6.07 Å². The Morgan fingerprint density at radius 3 is 2.23 bits per heavy atom. The number of hydrogen-bond donors (Lipinski definition) is 3. The highest BCUT2D eigenvalue weighted by atomic mass is 16.4. The lowest BCUT2D eigenvalue weighted by molar-refractivity contribution is 0.0699. The van der Waals surface area contributed by atoms with Crippen LogP contribution in [-0.4, -0.2) is 31.0 Å². The van der Waals surface area contributed by atoms with E-state index in [0.29, 0.717) is 16.9 Å². The molecule has 3 N–H and O–H groups in total. The van der Waals surface area contributed by atoms with Crippen molar-refractivity contribution in [2.45, 2.75) is 0 Å². The Labute approximate surface area is 176 Å². The summed E-state index contributed by atoms with van der Waals surface area (Å²) in [6.45, 7) is 0. The number of carboxylic acid groups (broad SMARTS) is 1. The molecule has 2 aliphatic rings. The molecule has 3 aromatic heterocycles. The van der Waals surface area contributed by atoms with Crippen LogP contribution in [-0.2, 0) is 0 Å². The van der Waals surface area contributed by atoms with Gasteiger partial charge in [0.15, 0.2) is 0 Å². The van der Waals surface area contributed by atoms with E-state index in [9.17, 15) is 9.90 Å². The number of rotatable bonds is 1. The van der Waals surface area contributed by atoms with Crippen LogP contribution in [0.25, 0.3) is 56.7 Å². The number of nitrogens with one attached hydrogen (secondary N) is 2. The first kappa shape index (κ1) is 17.4. The summed E-state index contributed by atoms with van der Waals surface area (Å²) in [5.74, 6) is -1.03. The van der Waals surface area contributed by atoms with Crippen LogP contribution in [0.5, 0.6) is 0 Å². The van der Waals surface area contributed by atoms with Crippen molar-refractivity contribution in [2.24, 2.45) is 0 Å². The van der Waals surface area contributed by atoms with Crippen LogP contribution in [0, 0.1) is 0 Å². The predicted octanol–water partition coefficient (Wildman–Crippen LogP) is 5.52. The highest BCUT2D eigenvalue weighted by Crippen LogP contribution is 2.38. The quantitative estimate of drug-likeness (QED) is 0.336. The number of aromatic amines is 2. The topological polar surface area (TPSA) is 94.7 Å². The van der Waals surface area contributed by atoms with Gasteiger partial charge in [-0.2, -0.15) is 0 Å². The minimum absolute atomic E-state index is 0.138. The van der Waals surface area contributed by atoms with Crippen molar-refractivity contribution in [3.8, 4) is 22.5 Å². The molecule has 0 unspecified atom stereocenters. The summed E-state index contributed by atoms with van der Waals surface area (Å²) < 4.78 is 0. The Morgan fingerprint density at radius 1 is 0.742 bits per heavy atom. The van der Waals surface area contributed by atoms with E-state index in [1.165, 1.54) is 0 Å². The maximum absolute atomic E-state index is 12.3. The Balaban J connectivity index is 1.80. The van der Waals surface area contributed by atoms with Crippen LogP contribution in [0.3, 0.4) is 0 Å². The number of carboxylic acids is 1. The van der Waals surface area contributed by atoms with Gasteiger partial charge in [-0.1, -0.05) is 24.3 Å². The van der Waals surface area contributed by atoms with E-state index in [0.717, 1.165) is 39.1 Å². The lowest BCUT2D eigenvalue weighted by Crippen LogP contribution is -1.99. The number of aromatic carboxylic acids is 1. The third kappa shape index (κ3) is 2.93. The summed E-state index contributed by atoms with van der Waals surface area (Å²) in [5.41, 5.74) is 7.71. The van der Waals surface area contributed by atoms with Gasteiger partial charge in [0.1, 0.15) is 5.56 Å². The fourth-order valence-corrected chi connectivity index (χ4v) is 4.06. The van der Waals surface area contributed by atoms with Gasteiger partial charge in [0, 0.05) is 27.7 Å². The number of fused-ring (bicyclic) bond motifs is 11. The van der Waals surface area contributed by atoms with Crippen molar-refractivity contribution in [2.75, 3.05) is 0 Å². The summed E-state index contributed by atoms with van der Waals surface area (Å²) in [7, 11) is 0. The van der Waals surface area contributed by atoms with E-state index in [4.69, 9.17) is 4.98 Å². The maximum Gasteiger partial charge on any atom is 0.340 e. The molecule has 148 valence electrons. The fraction of sp³-hybridized carbons (Fsp3) is 0. The molecule has 8 bridgehead atoms. The third-order valence-corrected chi connectivity index (χ3v) is 5.43. The van der Waals surface area contributed by atoms with Gasteiger partial charge in [-0.15, -0.1) is 0 Å². The molecule has 0 saturated heterocycles. The van der Waals surface area contributed by atoms with Gasteiger partial charge in [0.25, 0.3) is 0 Å². The number of H-pyrrole nitrogens is 2. The molecule has 5 heterocycles. The zero-order valence-electron chi connectivity index (χ0n) is 16.3. The molecule has 0 spiro atoms. The molecular formula is C25H16N4O2. The first-order chi connectivity index (χ1) is 15.1. The summed E-state index contributed by atoms with van der Waals surface area (Å²) in [6.07, 6.45) is 3.88. The van der Waals surface area contributed by atoms with Gasteiger partial charge in [-0.25, -0.2) is 14.8 Å². The van der Waals surface area contributed by atoms with Crippen molar-refractivity contribution < 1.29 is 9.90 Å². The second-order valence-corrected chi connectivity index (χ2v) is 7.50. The van der Waals surface area contributed by atoms with Crippen LogP contribution in [0.2, 0.25) is 0 Å². The number of hydrogen-bond acceptors (Lipinski definition) is 3. The van der Waals surface area contributed by atoms with E-state index in [-0.39, 0.29) is 5.56 Å². The Kier molecular flexibility index (Phi) is 3.67. The second-order valence-electron chi connectivity index (χ2n) is 7.50. The van der Waals surface area contributed by atoms with E-state index >= 15 is 0 Å². The summed E-state index contributed by atoms with van der Waals surface area (Å²) >= 11 is 0. The molecule has 1 aromatic carbocycles. The number of benzene rings is 1. The molecular weight excluding hydrogens is 388 g/mol. The highest BCUT2D eigenvalue weighted by molar-refractivity contribution is 6.05. The lowest BCUT2D eigenvalue weighted by atomic mass is 10.0. The molecule has 4 aromatic rings. The minimum atomic E-state index is -1.03. The standard InChI is InChI=1S/C25H16N4O2/c30-25(31)23-21-10-9-17(28-21)12-16-6-5-14(26-16)11-15-7-8-18(27-15)13-22-19-3-1-2-4-20(19)24(23)29-22/h1-13,26,28H,(H,30,31). The van der Waals surface area contributed by atoms with E-state index in [2.05, 4.69) is 15.0 Å². The van der Waals surface area contributed by atoms with Gasteiger partial charge in [0.2, 0.25) is 0 Å². The van der Waals surface area contributed by atoms with Gasteiger partial charge in [0.05, 0.1) is 28.3 Å². The zero-order chi connectivity index (χ0) is 20.9. The van der Waals surface area contributed by atoms with Crippen LogP contribution < -0.4 is 0 Å². The van der Waals surface area contributed by atoms with Crippen LogP contribution in [0.15, 0.2) is 66.7 Å². The minimum Gasteiger partial charge on any atom is -0.478 e. The molecule has 0 saturated carbocycles. The van der Waals surface area contributed by atoms with Crippen LogP contribution in [0.4, 0.5) is 0 Å². The molecule has 0 aliphatic carbocycles. The average Bonchev–Trinajstić information content (AvgIpc) is 3.53. The monoisotopic (exact) mass is 404 g/mol. The fourth-order valence-electron chi connectivity index (χ4n) is 4.06.